The second kappa shape index (κ2) is 8.08. The van der Waals surface area contributed by atoms with Crippen molar-refractivity contribution in [1.29, 1.82) is 0 Å². The number of aromatic nitrogens is 2. The van der Waals surface area contributed by atoms with E-state index in [0.717, 1.165) is 34.0 Å². The number of halogens is 1. The SMILES string of the molecule is Cc1ccc(-n2nc3c(c2NC(=O)C(=O)NCc2ccc(F)cc2)CSC3)cc1. The van der Waals surface area contributed by atoms with E-state index < -0.39 is 11.8 Å². The van der Waals surface area contributed by atoms with Gasteiger partial charge in [-0.1, -0.05) is 29.8 Å². The van der Waals surface area contributed by atoms with E-state index in [1.165, 1.54) is 12.1 Å². The second-order valence-electron chi connectivity index (χ2n) is 6.78. The number of rotatable bonds is 4. The summed E-state index contributed by atoms with van der Waals surface area (Å²) in [6.07, 6.45) is 0. The van der Waals surface area contributed by atoms with Gasteiger partial charge >= 0.3 is 11.8 Å². The van der Waals surface area contributed by atoms with Crippen molar-refractivity contribution in [2.75, 3.05) is 5.32 Å². The Bertz CT molecular complexity index is 1060. The molecule has 0 fully saturated rings. The van der Waals surface area contributed by atoms with Gasteiger partial charge < -0.3 is 10.6 Å². The average molecular weight is 410 g/mol. The van der Waals surface area contributed by atoms with Crippen LogP contribution in [0, 0.1) is 12.7 Å². The number of aryl methyl sites for hydroxylation is 1. The molecule has 2 N–H and O–H groups in total. The third-order valence-corrected chi connectivity index (χ3v) is 5.61. The molecule has 148 valence electrons. The maximum atomic E-state index is 13.0. The van der Waals surface area contributed by atoms with Crippen molar-refractivity contribution in [3.8, 4) is 5.69 Å². The Morgan fingerprint density at radius 1 is 1.07 bits per heavy atom. The number of amides is 2. The largest absolute Gasteiger partial charge is 0.344 e. The quantitative estimate of drug-likeness (QED) is 0.647. The van der Waals surface area contributed by atoms with Gasteiger partial charge in [-0.25, -0.2) is 9.07 Å². The van der Waals surface area contributed by atoms with E-state index in [0.29, 0.717) is 11.4 Å². The molecule has 0 unspecified atom stereocenters. The predicted molar refractivity (Wildman–Crippen MR) is 110 cm³/mol. The van der Waals surface area contributed by atoms with E-state index in [2.05, 4.69) is 15.7 Å². The summed E-state index contributed by atoms with van der Waals surface area (Å²) in [6.45, 7) is 2.13. The summed E-state index contributed by atoms with van der Waals surface area (Å²) in [5.41, 5.74) is 4.49. The Kier molecular flexibility index (Phi) is 5.35. The Labute approximate surface area is 171 Å². The fourth-order valence-electron chi connectivity index (χ4n) is 3.04. The maximum Gasteiger partial charge on any atom is 0.314 e. The molecule has 6 nitrogen and oxygen atoms in total. The van der Waals surface area contributed by atoms with Crippen molar-refractivity contribution in [1.82, 2.24) is 15.1 Å². The van der Waals surface area contributed by atoms with Crippen LogP contribution in [-0.4, -0.2) is 21.6 Å². The van der Waals surface area contributed by atoms with Gasteiger partial charge in [-0.15, -0.1) is 0 Å². The Morgan fingerprint density at radius 3 is 2.52 bits per heavy atom. The highest BCUT2D eigenvalue weighted by atomic mass is 32.2. The molecule has 2 heterocycles. The lowest BCUT2D eigenvalue weighted by Gasteiger charge is -2.11. The number of fused-ring (bicyclic) bond motifs is 1. The van der Waals surface area contributed by atoms with Crippen LogP contribution < -0.4 is 10.6 Å². The van der Waals surface area contributed by atoms with Gasteiger partial charge in [-0.3, -0.25) is 9.59 Å². The number of carbonyl (C=O) groups excluding carboxylic acids is 2. The fraction of sp³-hybridized carbons (Fsp3) is 0.190. The van der Waals surface area contributed by atoms with Gasteiger partial charge in [-0.2, -0.15) is 16.9 Å². The number of hydrogen-bond donors (Lipinski definition) is 2. The normalized spacial score (nSPS) is 12.5. The van der Waals surface area contributed by atoms with E-state index in [-0.39, 0.29) is 12.4 Å². The fourth-order valence-corrected chi connectivity index (χ4v) is 4.08. The predicted octanol–water partition coefficient (Wildman–Crippen LogP) is 3.32. The number of benzene rings is 2. The maximum absolute atomic E-state index is 13.0. The van der Waals surface area contributed by atoms with E-state index >= 15 is 0 Å². The molecule has 4 rings (SSSR count). The lowest BCUT2D eigenvalue weighted by Crippen LogP contribution is -2.35. The number of carbonyl (C=O) groups is 2. The molecule has 1 aliphatic rings. The first-order chi connectivity index (χ1) is 14.0. The van der Waals surface area contributed by atoms with Crippen LogP contribution in [0.3, 0.4) is 0 Å². The van der Waals surface area contributed by atoms with Crippen LogP contribution in [-0.2, 0) is 27.6 Å². The minimum Gasteiger partial charge on any atom is -0.344 e. The molecule has 8 heteroatoms. The monoisotopic (exact) mass is 410 g/mol. The van der Waals surface area contributed by atoms with Gasteiger partial charge in [0.15, 0.2) is 0 Å². The molecule has 3 aromatic rings. The van der Waals surface area contributed by atoms with E-state index in [9.17, 15) is 14.0 Å². The summed E-state index contributed by atoms with van der Waals surface area (Å²) in [6, 6.07) is 13.5. The Hall–Kier alpha value is -3.13. The standard InChI is InChI=1S/C21H19FN4O2S/c1-13-2-8-16(9-3-13)26-19(17-11-29-12-18(17)25-26)24-21(28)20(27)23-10-14-4-6-15(22)7-5-14/h2-9H,10-12H2,1H3,(H,23,27)(H,24,28). The number of thioether (sulfide) groups is 1. The Balaban J connectivity index is 1.50. The van der Waals surface area contributed by atoms with Crippen LogP contribution in [0.15, 0.2) is 48.5 Å². The Morgan fingerprint density at radius 2 is 1.79 bits per heavy atom. The van der Waals surface area contributed by atoms with Gasteiger partial charge in [0.1, 0.15) is 11.6 Å². The van der Waals surface area contributed by atoms with Gasteiger partial charge in [0.25, 0.3) is 0 Å². The summed E-state index contributed by atoms with van der Waals surface area (Å²) in [5.74, 6) is 0.150. The molecule has 0 aliphatic carbocycles. The first kappa shape index (κ1) is 19.2. The molecule has 0 spiro atoms. The molecule has 1 aliphatic heterocycles. The van der Waals surface area contributed by atoms with Gasteiger partial charge in [0.2, 0.25) is 0 Å². The van der Waals surface area contributed by atoms with Crippen molar-refractivity contribution in [2.24, 2.45) is 0 Å². The summed E-state index contributed by atoms with van der Waals surface area (Å²) in [7, 11) is 0. The van der Waals surface area contributed by atoms with Crippen molar-refractivity contribution in [2.45, 2.75) is 25.0 Å². The molecule has 0 atom stereocenters. The highest BCUT2D eigenvalue weighted by molar-refractivity contribution is 7.98. The lowest BCUT2D eigenvalue weighted by atomic mass is 10.2. The minimum absolute atomic E-state index is 0.137. The van der Waals surface area contributed by atoms with Crippen LogP contribution in [0.1, 0.15) is 22.4 Å². The molecular weight excluding hydrogens is 391 g/mol. The van der Waals surface area contributed by atoms with Gasteiger partial charge in [0.05, 0.1) is 11.4 Å². The van der Waals surface area contributed by atoms with Crippen molar-refractivity contribution in [3.63, 3.8) is 0 Å². The molecule has 1 aromatic heterocycles. The van der Waals surface area contributed by atoms with Crippen LogP contribution in [0.5, 0.6) is 0 Å². The molecule has 0 saturated carbocycles. The summed E-state index contributed by atoms with van der Waals surface area (Å²) in [5, 5.41) is 9.90. The summed E-state index contributed by atoms with van der Waals surface area (Å²) < 4.78 is 14.6. The molecular formula is C21H19FN4O2S. The molecule has 0 saturated heterocycles. The summed E-state index contributed by atoms with van der Waals surface area (Å²) in [4.78, 5) is 24.8. The van der Waals surface area contributed by atoms with E-state index in [1.807, 2.05) is 31.2 Å². The smallest absolute Gasteiger partial charge is 0.314 e. The van der Waals surface area contributed by atoms with Crippen molar-refractivity contribution < 1.29 is 14.0 Å². The molecule has 0 bridgehead atoms. The van der Waals surface area contributed by atoms with Crippen LogP contribution >= 0.6 is 11.8 Å². The first-order valence-electron chi connectivity index (χ1n) is 9.10. The third-order valence-electron chi connectivity index (χ3n) is 4.63. The van der Waals surface area contributed by atoms with Crippen molar-refractivity contribution in [3.05, 3.63) is 76.7 Å². The number of hydrogen-bond acceptors (Lipinski definition) is 4. The molecule has 2 amide bonds. The number of nitrogens with one attached hydrogen (secondary N) is 2. The average Bonchev–Trinajstić information content (AvgIpc) is 3.30. The number of anilines is 1. The van der Waals surface area contributed by atoms with E-state index in [4.69, 9.17) is 0 Å². The molecule has 2 aromatic carbocycles. The summed E-state index contributed by atoms with van der Waals surface area (Å²) >= 11 is 1.72. The first-order valence-corrected chi connectivity index (χ1v) is 10.3. The van der Waals surface area contributed by atoms with Crippen LogP contribution in [0.25, 0.3) is 5.69 Å². The highest BCUT2D eigenvalue weighted by Crippen LogP contribution is 2.36. The van der Waals surface area contributed by atoms with Gasteiger partial charge in [-0.05, 0) is 36.8 Å². The second-order valence-corrected chi connectivity index (χ2v) is 7.76. The van der Waals surface area contributed by atoms with Crippen LogP contribution in [0.4, 0.5) is 10.2 Å². The van der Waals surface area contributed by atoms with Crippen molar-refractivity contribution >= 4 is 29.4 Å². The number of nitrogens with zero attached hydrogens (tertiary/aromatic N) is 2. The zero-order chi connectivity index (χ0) is 20.4. The lowest BCUT2D eigenvalue weighted by molar-refractivity contribution is -0.136. The highest BCUT2D eigenvalue weighted by Gasteiger charge is 2.26. The molecule has 29 heavy (non-hydrogen) atoms. The molecule has 0 radical (unpaired) electrons. The van der Waals surface area contributed by atoms with Crippen LogP contribution in [0.2, 0.25) is 0 Å². The zero-order valence-corrected chi connectivity index (χ0v) is 16.6. The topological polar surface area (TPSA) is 76.0 Å². The zero-order valence-electron chi connectivity index (χ0n) is 15.7. The van der Waals surface area contributed by atoms with Gasteiger partial charge in [0, 0.05) is 23.6 Å². The third kappa shape index (κ3) is 4.17. The van der Waals surface area contributed by atoms with E-state index in [1.54, 1.807) is 28.6 Å². The minimum atomic E-state index is -0.764.